The average molecular weight is 385 g/mol. The summed E-state index contributed by atoms with van der Waals surface area (Å²) in [6.45, 7) is 1.02. The lowest BCUT2D eigenvalue weighted by atomic mass is 10.1. The van der Waals surface area contributed by atoms with Crippen LogP contribution in [0.1, 0.15) is 10.4 Å². The predicted octanol–water partition coefficient (Wildman–Crippen LogP) is 2.04. The molecular weight excluding hydrogens is 365 g/mol. The van der Waals surface area contributed by atoms with Crippen LogP contribution in [0, 0.1) is 5.82 Å². The van der Waals surface area contributed by atoms with Crippen LogP contribution in [0.4, 0.5) is 16.2 Å². The molecule has 2 N–H and O–H groups in total. The molecular formula is C19H20FN5O3. The Bertz CT molecular complexity index is 1010. The van der Waals surface area contributed by atoms with Gasteiger partial charge in [0.25, 0.3) is 5.91 Å². The smallest absolute Gasteiger partial charge is 0.255 e. The molecule has 28 heavy (non-hydrogen) atoms. The highest BCUT2D eigenvalue weighted by molar-refractivity contribution is 6.06. The number of methoxy groups -OCH3 is 1. The Hall–Kier alpha value is -3.20. The van der Waals surface area contributed by atoms with E-state index in [0.29, 0.717) is 30.0 Å². The lowest BCUT2D eigenvalue weighted by molar-refractivity contribution is 0.0780. The number of rotatable bonds is 5. The number of fused-ring (bicyclic) bond motifs is 1. The van der Waals surface area contributed by atoms with E-state index in [1.165, 1.54) is 18.4 Å². The van der Waals surface area contributed by atoms with Crippen LogP contribution in [-0.4, -0.2) is 55.3 Å². The molecule has 0 bridgehead atoms. The second-order valence-corrected chi connectivity index (χ2v) is 6.50. The molecule has 2 atom stereocenters. The van der Waals surface area contributed by atoms with Crippen molar-refractivity contribution in [2.24, 2.45) is 0 Å². The van der Waals surface area contributed by atoms with E-state index in [1.54, 1.807) is 32.5 Å². The highest BCUT2D eigenvalue weighted by Crippen LogP contribution is 2.25. The first kappa shape index (κ1) is 18.2. The zero-order chi connectivity index (χ0) is 19.7. The molecule has 1 aliphatic heterocycles. The Morgan fingerprint density at radius 1 is 1.32 bits per heavy atom. The summed E-state index contributed by atoms with van der Waals surface area (Å²) in [5, 5.41) is 6.24. The third kappa shape index (κ3) is 3.24. The van der Waals surface area contributed by atoms with Crippen molar-refractivity contribution in [3.8, 4) is 0 Å². The van der Waals surface area contributed by atoms with Gasteiger partial charge >= 0.3 is 0 Å². The summed E-state index contributed by atoms with van der Waals surface area (Å²) in [6, 6.07) is 5.79. The van der Waals surface area contributed by atoms with Crippen LogP contribution in [0.2, 0.25) is 0 Å². The highest BCUT2D eigenvalue weighted by Gasteiger charge is 2.35. The van der Waals surface area contributed by atoms with Gasteiger partial charge in [0.2, 0.25) is 5.95 Å². The van der Waals surface area contributed by atoms with Crippen molar-refractivity contribution in [3.05, 3.63) is 48.1 Å². The predicted molar refractivity (Wildman–Crippen MR) is 102 cm³/mol. The first-order valence-electron chi connectivity index (χ1n) is 8.86. The Labute approximate surface area is 160 Å². The number of nitrogens with zero attached hydrogens (tertiary/aromatic N) is 3. The second kappa shape index (κ2) is 7.43. The number of nitrogens with one attached hydrogen (secondary N) is 2. The molecule has 146 valence electrons. The minimum atomic E-state index is -0.593. The van der Waals surface area contributed by atoms with Crippen molar-refractivity contribution in [1.82, 2.24) is 15.3 Å². The minimum Gasteiger partial charge on any atom is -0.464 e. The number of ether oxygens (including phenoxy) is 1. The van der Waals surface area contributed by atoms with Crippen LogP contribution in [-0.2, 0) is 4.74 Å². The van der Waals surface area contributed by atoms with E-state index in [1.807, 2.05) is 4.90 Å². The summed E-state index contributed by atoms with van der Waals surface area (Å²) in [5.74, 6) is 0.135. The fourth-order valence-corrected chi connectivity index (χ4v) is 3.47. The molecule has 8 nitrogen and oxygen atoms in total. The fourth-order valence-electron chi connectivity index (χ4n) is 3.47. The molecule has 1 aromatic carbocycles. The van der Waals surface area contributed by atoms with Crippen LogP contribution in [0.25, 0.3) is 11.0 Å². The van der Waals surface area contributed by atoms with Crippen LogP contribution in [0.15, 0.2) is 41.1 Å². The summed E-state index contributed by atoms with van der Waals surface area (Å²) in [4.78, 5) is 23.4. The van der Waals surface area contributed by atoms with Crippen molar-refractivity contribution in [2.75, 3.05) is 37.5 Å². The lowest BCUT2D eigenvalue weighted by Crippen LogP contribution is -2.44. The van der Waals surface area contributed by atoms with Gasteiger partial charge in [-0.15, -0.1) is 0 Å². The van der Waals surface area contributed by atoms with Crippen LogP contribution in [0.3, 0.4) is 0 Å². The molecule has 3 heterocycles. The first-order valence-corrected chi connectivity index (χ1v) is 8.86. The van der Waals surface area contributed by atoms with Crippen LogP contribution < -0.4 is 15.5 Å². The third-order valence-corrected chi connectivity index (χ3v) is 4.89. The molecule has 1 aliphatic rings. The standard InChI is InChI=1S/C19H20FN5O3/c1-21-19-22-7-5-16(24-19)25-9-13(15(10-25)27-2)23-18(26)17-11-6-8-28-14(11)4-3-12(17)20/h3-8,13,15H,9-10H2,1-2H3,(H,23,26)(H,21,22,24)/t13-,15+/m1/s1. The van der Waals surface area contributed by atoms with Gasteiger partial charge in [0.05, 0.1) is 24.0 Å². The van der Waals surface area contributed by atoms with Crippen LogP contribution >= 0.6 is 0 Å². The number of halogens is 1. The molecule has 3 aromatic rings. The number of carbonyl (C=O) groups is 1. The average Bonchev–Trinajstić information content (AvgIpc) is 3.34. The Kier molecular flexibility index (Phi) is 4.82. The third-order valence-electron chi connectivity index (χ3n) is 4.89. The SMILES string of the molecule is CNc1nccc(N2C[C@H](OC)[C@H](NC(=O)c3c(F)ccc4occc34)C2)n1. The molecule has 0 spiro atoms. The first-order chi connectivity index (χ1) is 13.6. The van der Waals surface area contributed by atoms with Crippen molar-refractivity contribution < 1.29 is 18.3 Å². The molecule has 1 amide bonds. The normalized spacial score (nSPS) is 19.2. The molecule has 1 saturated heterocycles. The summed E-state index contributed by atoms with van der Waals surface area (Å²) < 4.78 is 25.2. The van der Waals surface area contributed by atoms with Gasteiger partial charge in [0.1, 0.15) is 17.2 Å². The van der Waals surface area contributed by atoms with Crippen LogP contribution in [0.5, 0.6) is 0 Å². The maximum atomic E-state index is 14.4. The topological polar surface area (TPSA) is 92.5 Å². The molecule has 2 aromatic heterocycles. The summed E-state index contributed by atoms with van der Waals surface area (Å²) in [7, 11) is 3.33. The quantitative estimate of drug-likeness (QED) is 0.694. The van der Waals surface area contributed by atoms with Gasteiger partial charge in [-0.25, -0.2) is 9.37 Å². The molecule has 0 saturated carbocycles. The summed E-state index contributed by atoms with van der Waals surface area (Å²) in [5.41, 5.74) is 0.433. The summed E-state index contributed by atoms with van der Waals surface area (Å²) in [6.07, 6.45) is 2.84. The highest BCUT2D eigenvalue weighted by atomic mass is 19.1. The van der Waals surface area contributed by atoms with E-state index in [2.05, 4.69) is 20.6 Å². The number of benzene rings is 1. The number of amides is 1. The van der Waals surface area contributed by atoms with E-state index in [0.717, 1.165) is 5.82 Å². The maximum absolute atomic E-state index is 14.4. The van der Waals surface area contributed by atoms with Crippen molar-refractivity contribution in [2.45, 2.75) is 12.1 Å². The number of aromatic nitrogens is 2. The Morgan fingerprint density at radius 2 is 2.18 bits per heavy atom. The molecule has 4 rings (SSSR count). The maximum Gasteiger partial charge on any atom is 0.255 e. The van der Waals surface area contributed by atoms with Gasteiger partial charge in [-0.3, -0.25) is 4.79 Å². The molecule has 9 heteroatoms. The summed E-state index contributed by atoms with van der Waals surface area (Å²) >= 11 is 0. The van der Waals surface area contributed by atoms with Gasteiger partial charge in [-0.2, -0.15) is 4.98 Å². The molecule has 0 radical (unpaired) electrons. The Balaban J connectivity index is 1.55. The Morgan fingerprint density at radius 3 is 2.96 bits per heavy atom. The largest absolute Gasteiger partial charge is 0.464 e. The second-order valence-electron chi connectivity index (χ2n) is 6.50. The minimum absolute atomic E-state index is 0.0286. The van der Waals surface area contributed by atoms with Gasteiger partial charge in [0.15, 0.2) is 0 Å². The lowest BCUT2D eigenvalue weighted by Gasteiger charge is -2.19. The number of anilines is 2. The van der Waals surface area contributed by atoms with E-state index >= 15 is 0 Å². The molecule has 1 fully saturated rings. The fraction of sp³-hybridized carbons (Fsp3) is 0.316. The van der Waals surface area contributed by atoms with Gasteiger partial charge < -0.3 is 24.7 Å². The molecule has 0 aliphatic carbocycles. The van der Waals surface area contributed by atoms with Gasteiger partial charge in [-0.05, 0) is 24.3 Å². The number of hydrogen-bond donors (Lipinski definition) is 2. The van der Waals surface area contributed by atoms with E-state index in [-0.39, 0.29) is 17.7 Å². The zero-order valence-corrected chi connectivity index (χ0v) is 15.5. The number of carbonyl (C=O) groups excluding carboxylic acids is 1. The van der Waals surface area contributed by atoms with E-state index < -0.39 is 11.7 Å². The monoisotopic (exact) mass is 385 g/mol. The van der Waals surface area contributed by atoms with Crippen molar-refractivity contribution in [3.63, 3.8) is 0 Å². The van der Waals surface area contributed by atoms with Crippen molar-refractivity contribution in [1.29, 1.82) is 0 Å². The van der Waals surface area contributed by atoms with Crippen molar-refractivity contribution >= 4 is 28.6 Å². The number of hydrogen-bond acceptors (Lipinski definition) is 7. The van der Waals surface area contributed by atoms with Gasteiger partial charge in [-0.1, -0.05) is 0 Å². The van der Waals surface area contributed by atoms with E-state index in [4.69, 9.17) is 9.15 Å². The zero-order valence-electron chi connectivity index (χ0n) is 15.5. The van der Waals surface area contributed by atoms with E-state index in [9.17, 15) is 9.18 Å². The molecule has 0 unspecified atom stereocenters. The number of furan rings is 1. The van der Waals surface area contributed by atoms with Gasteiger partial charge in [0, 0.05) is 38.8 Å².